The van der Waals surface area contributed by atoms with Crippen LogP contribution in [0, 0.1) is 0 Å². The van der Waals surface area contributed by atoms with Gasteiger partial charge >= 0.3 is 11.9 Å². The molecule has 2 rings (SSSR count). The van der Waals surface area contributed by atoms with Crippen LogP contribution in [0.3, 0.4) is 0 Å². The van der Waals surface area contributed by atoms with Gasteiger partial charge in [0.05, 0.1) is 24.2 Å². The normalized spacial score (nSPS) is 9.44. The maximum Gasteiger partial charge on any atom is 0.335 e. The van der Waals surface area contributed by atoms with Crippen molar-refractivity contribution in [2.45, 2.75) is 78.1 Å². The van der Waals surface area contributed by atoms with Crippen LogP contribution in [-0.2, 0) is 0 Å². The lowest BCUT2D eigenvalue weighted by Gasteiger charge is -2.07. The van der Waals surface area contributed by atoms with Gasteiger partial charge in [0.25, 0.3) is 0 Å². The zero-order valence-electron chi connectivity index (χ0n) is 22.0. The summed E-state index contributed by atoms with van der Waals surface area (Å²) in [5, 5.41) is 38.1. The fourth-order valence-electron chi connectivity index (χ4n) is 2.85. The Balaban J connectivity index is 0. The molecule has 0 fully saturated rings. The van der Waals surface area contributed by atoms with Crippen molar-refractivity contribution in [3.63, 3.8) is 0 Å². The molecule has 204 valence electrons. The molecule has 0 saturated carbocycles. The Morgan fingerprint density at radius 3 is 1.19 bits per heavy atom. The monoisotopic (exact) mass is 506 g/mol. The molecule has 2 aromatic carbocycles. The number of unbranched alkanes of at least 4 members (excludes halogenated alkanes) is 8. The number of rotatable bonds is 12. The summed E-state index contributed by atoms with van der Waals surface area (Å²) in [6.07, 6.45) is 13.7. The first-order valence-corrected chi connectivity index (χ1v) is 12.8. The summed E-state index contributed by atoms with van der Waals surface area (Å²) >= 11 is 0. The van der Waals surface area contributed by atoms with E-state index in [1.807, 2.05) is 0 Å². The van der Waals surface area contributed by atoms with Crippen LogP contribution in [0.2, 0.25) is 0 Å². The maximum atomic E-state index is 10.7. The molecule has 0 bridgehead atoms. The van der Waals surface area contributed by atoms with Gasteiger partial charge in [0.15, 0.2) is 0 Å². The molecular weight excluding hydrogens is 460 g/mol. The molecule has 0 aromatic heterocycles. The first kappa shape index (κ1) is 35.1. The van der Waals surface area contributed by atoms with Crippen LogP contribution in [-0.4, -0.2) is 35.2 Å². The van der Waals surface area contributed by atoms with Crippen molar-refractivity contribution in [3.8, 4) is 11.5 Å². The molecule has 0 amide bonds. The van der Waals surface area contributed by atoms with Crippen molar-refractivity contribution < 1.29 is 41.5 Å². The van der Waals surface area contributed by atoms with Crippen LogP contribution in [0.25, 0.3) is 0 Å². The molecule has 8 nitrogen and oxygen atoms in total. The second-order valence-electron chi connectivity index (χ2n) is 8.14. The molecule has 0 radical (unpaired) electrons. The summed E-state index contributed by atoms with van der Waals surface area (Å²) in [5.74, 6) is -3.25. The molecule has 0 saturated heterocycles. The van der Waals surface area contributed by atoms with Gasteiger partial charge in [-0.2, -0.15) is 0 Å². The number of aromatic carboxylic acids is 2. The minimum Gasteiger partial charge on any atom is -0.872 e. The highest BCUT2D eigenvalue weighted by Crippen LogP contribution is 2.11. The van der Waals surface area contributed by atoms with Crippen LogP contribution in [0.4, 0.5) is 0 Å². The third-order valence-corrected chi connectivity index (χ3v) is 4.94. The van der Waals surface area contributed by atoms with Crippen molar-refractivity contribution in [2.75, 3.05) is 13.1 Å². The number of hydrogen-bond acceptors (Lipinski definition) is 4. The van der Waals surface area contributed by atoms with Crippen LogP contribution >= 0.6 is 0 Å². The van der Waals surface area contributed by atoms with Gasteiger partial charge in [0.2, 0.25) is 0 Å². The standard InChI is InChI=1S/C8H19N.2C7H6O3.C6H15N/c1-2-3-4-5-6-7-8-9;2*8-6-4-2-1-3-5(6)7(9)10;1-2-3-4-5-6-7/h2-9H2,1H3;2*1-4,8H,(H,9,10);2-7H2,1H3. The van der Waals surface area contributed by atoms with E-state index in [1.54, 1.807) is 0 Å². The van der Waals surface area contributed by atoms with Crippen molar-refractivity contribution in [2.24, 2.45) is 0 Å². The van der Waals surface area contributed by atoms with E-state index in [2.05, 4.69) is 25.3 Å². The van der Waals surface area contributed by atoms with Crippen molar-refractivity contribution >= 4 is 11.9 Å². The molecule has 8 heteroatoms. The Morgan fingerprint density at radius 1 is 0.611 bits per heavy atom. The topological polar surface area (TPSA) is 176 Å². The molecule has 0 spiro atoms. The first-order chi connectivity index (χ1) is 17.3. The SMILES string of the molecule is CCCCCCCC[NH3+].CCCCCC[NH3+].O=C(O)c1ccccc1[O-].O=C(O)c1ccccc1[O-]. The number of para-hydroxylation sites is 2. The summed E-state index contributed by atoms with van der Waals surface area (Å²) < 4.78 is 0. The van der Waals surface area contributed by atoms with Gasteiger partial charge in [-0.15, -0.1) is 0 Å². The zero-order valence-corrected chi connectivity index (χ0v) is 22.0. The number of hydrogen-bond donors (Lipinski definition) is 4. The molecule has 0 aliphatic rings. The highest BCUT2D eigenvalue weighted by atomic mass is 16.4. The van der Waals surface area contributed by atoms with Crippen LogP contribution in [0.5, 0.6) is 11.5 Å². The second kappa shape index (κ2) is 25.0. The Labute approximate surface area is 216 Å². The average Bonchev–Trinajstić information content (AvgIpc) is 2.86. The van der Waals surface area contributed by atoms with Crippen LogP contribution < -0.4 is 21.7 Å². The van der Waals surface area contributed by atoms with E-state index in [1.165, 1.54) is 113 Å². The third-order valence-electron chi connectivity index (χ3n) is 4.94. The summed E-state index contributed by atoms with van der Waals surface area (Å²) in [4.78, 5) is 20.4. The third kappa shape index (κ3) is 20.3. The van der Waals surface area contributed by atoms with E-state index < -0.39 is 23.4 Å². The number of carboxylic acids is 2. The minimum absolute atomic E-state index is 0.178. The lowest BCUT2D eigenvalue weighted by Crippen LogP contribution is -2.50. The van der Waals surface area contributed by atoms with Crippen molar-refractivity contribution in [1.82, 2.24) is 0 Å². The number of quaternary nitrogens is 2. The average molecular weight is 507 g/mol. The Morgan fingerprint density at radius 2 is 0.917 bits per heavy atom. The quantitative estimate of drug-likeness (QED) is 0.321. The number of benzene rings is 2. The summed E-state index contributed by atoms with van der Waals surface area (Å²) in [5.41, 5.74) is 7.20. The van der Waals surface area contributed by atoms with Gasteiger partial charge in [-0.25, -0.2) is 9.59 Å². The Kier molecular flexibility index (Phi) is 24.4. The Bertz CT molecular complexity index is 749. The molecule has 0 aliphatic carbocycles. The van der Waals surface area contributed by atoms with Gasteiger partial charge in [-0.05, 0) is 37.8 Å². The lowest BCUT2D eigenvalue weighted by molar-refractivity contribution is -0.368. The highest BCUT2D eigenvalue weighted by molar-refractivity contribution is 5.90. The molecule has 0 aliphatic heterocycles. The smallest absolute Gasteiger partial charge is 0.335 e. The van der Waals surface area contributed by atoms with Crippen molar-refractivity contribution in [3.05, 3.63) is 59.7 Å². The van der Waals surface area contributed by atoms with E-state index in [0.29, 0.717) is 0 Å². The van der Waals surface area contributed by atoms with Crippen molar-refractivity contribution in [1.29, 1.82) is 0 Å². The molecular formula is C28H46N2O6. The number of carboxylic acid groups (broad SMARTS) is 2. The van der Waals surface area contributed by atoms with E-state index >= 15 is 0 Å². The molecule has 36 heavy (non-hydrogen) atoms. The van der Waals surface area contributed by atoms with E-state index in [4.69, 9.17) is 10.2 Å². The van der Waals surface area contributed by atoms with Gasteiger partial charge in [-0.3, -0.25) is 0 Å². The molecule has 0 heterocycles. The first-order valence-electron chi connectivity index (χ1n) is 12.8. The second-order valence-corrected chi connectivity index (χ2v) is 8.14. The van der Waals surface area contributed by atoms with Gasteiger partial charge in [0, 0.05) is 0 Å². The summed E-state index contributed by atoms with van der Waals surface area (Å²) in [6, 6.07) is 11.1. The number of carbonyl (C=O) groups is 2. The van der Waals surface area contributed by atoms with Gasteiger partial charge in [-0.1, -0.05) is 100 Å². The fraction of sp³-hybridized carbons (Fsp3) is 0.500. The molecule has 8 N–H and O–H groups in total. The Hall–Kier alpha value is -3.10. The molecule has 0 unspecified atom stereocenters. The van der Waals surface area contributed by atoms with Crippen LogP contribution in [0.1, 0.15) is 98.8 Å². The predicted octanol–water partition coefficient (Wildman–Crippen LogP) is 3.31. The summed E-state index contributed by atoms with van der Waals surface area (Å²) in [7, 11) is 0. The molecule has 2 aromatic rings. The largest absolute Gasteiger partial charge is 0.872 e. The van der Waals surface area contributed by atoms with Crippen LogP contribution in [0.15, 0.2) is 48.5 Å². The zero-order chi connectivity index (χ0) is 27.6. The fourth-order valence-corrected chi connectivity index (χ4v) is 2.85. The van der Waals surface area contributed by atoms with E-state index in [-0.39, 0.29) is 11.1 Å². The van der Waals surface area contributed by atoms with Gasteiger partial charge < -0.3 is 31.9 Å². The van der Waals surface area contributed by atoms with E-state index in [0.717, 1.165) is 13.1 Å². The van der Waals surface area contributed by atoms with Gasteiger partial charge in [0.1, 0.15) is 0 Å². The highest BCUT2D eigenvalue weighted by Gasteiger charge is 2.00. The molecule has 0 atom stereocenters. The lowest BCUT2D eigenvalue weighted by atomic mass is 10.1. The summed E-state index contributed by atoms with van der Waals surface area (Å²) in [6.45, 7) is 6.70. The predicted molar refractivity (Wildman–Crippen MR) is 139 cm³/mol. The maximum absolute atomic E-state index is 10.7. The van der Waals surface area contributed by atoms with E-state index in [9.17, 15) is 19.8 Å². The minimum atomic E-state index is -1.18.